The van der Waals surface area contributed by atoms with Gasteiger partial charge in [0, 0.05) is 23.3 Å². The molecule has 2 amide bonds. The summed E-state index contributed by atoms with van der Waals surface area (Å²) in [6.07, 6.45) is 1.65. The molecule has 0 saturated heterocycles. The zero-order valence-corrected chi connectivity index (χ0v) is 14.3. The summed E-state index contributed by atoms with van der Waals surface area (Å²) in [6.45, 7) is 3.86. The van der Waals surface area contributed by atoms with E-state index >= 15 is 0 Å². The minimum absolute atomic E-state index is 0.0838. The Bertz CT molecular complexity index is 808. The first-order valence-electron chi connectivity index (χ1n) is 7.79. The maximum Gasteiger partial charge on any atom is 0.265 e. The van der Waals surface area contributed by atoms with Crippen LogP contribution in [0.5, 0.6) is 5.75 Å². The van der Waals surface area contributed by atoms with Gasteiger partial charge in [0.05, 0.1) is 5.69 Å². The molecule has 0 radical (unpaired) electrons. The molecule has 0 atom stereocenters. The molecule has 0 N–H and O–H groups in total. The first-order chi connectivity index (χ1) is 12.1. The number of nitrogens with zero attached hydrogens (tertiary/aromatic N) is 2. The number of rotatable bonds is 5. The van der Waals surface area contributed by atoms with Crippen LogP contribution in [0, 0.1) is 0 Å². The van der Waals surface area contributed by atoms with Gasteiger partial charge in [-0.15, -0.1) is 6.58 Å². The van der Waals surface area contributed by atoms with Crippen LogP contribution in [0.25, 0.3) is 0 Å². The third kappa shape index (κ3) is 3.67. The Hall–Kier alpha value is -2.79. The van der Waals surface area contributed by atoms with Crippen LogP contribution in [0.1, 0.15) is 0 Å². The van der Waals surface area contributed by atoms with Crippen molar-refractivity contribution in [3.05, 3.63) is 66.2 Å². The number of hydrogen-bond acceptors (Lipinski definition) is 3. The molecule has 2 aromatic rings. The maximum absolute atomic E-state index is 12.8. The highest BCUT2D eigenvalue weighted by atomic mass is 35.5. The summed E-state index contributed by atoms with van der Waals surface area (Å²) in [5, 5.41) is 0.511. The van der Waals surface area contributed by atoms with E-state index in [-0.39, 0.29) is 25.0 Å². The third-order valence-electron chi connectivity index (χ3n) is 3.84. The quantitative estimate of drug-likeness (QED) is 0.772. The summed E-state index contributed by atoms with van der Waals surface area (Å²) in [5.74, 6) is 0.0203. The molecule has 0 bridgehead atoms. The molecule has 25 heavy (non-hydrogen) atoms. The Balaban J connectivity index is 1.86. The number of ether oxygens (including phenoxy) is 1. The number of anilines is 2. The van der Waals surface area contributed by atoms with Crippen molar-refractivity contribution in [1.82, 2.24) is 0 Å². The van der Waals surface area contributed by atoms with Crippen molar-refractivity contribution in [3.8, 4) is 5.75 Å². The summed E-state index contributed by atoms with van der Waals surface area (Å²) in [7, 11) is 0. The lowest BCUT2D eigenvalue weighted by atomic mass is 10.2. The number of para-hydroxylation sites is 1. The average molecular weight is 357 g/mol. The van der Waals surface area contributed by atoms with Gasteiger partial charge in [-0.1, -0.05) is 35.9 Å². The highest BCUT2D eigenvalue weighted by Crippen LogP contribution is 2.34. The van der Waals surface area contributed by atoms with Gasteiger partial charge in [-0.3, -0.25) is 14.5 Å². The summed E-state index contributed by atoms with van der Waals surface area (Å²) < 4.78 is 5.40. The molecule has 3 rings (SSSR count). The fourth-order valence-electron chi connectivity index (χ4n) is 2.66. The molecule has 5 nitrogen and oxygen atoms in total. The summed E-state index contributed by atoms with van der Waals surface area (Å²) >= 11 is 5.97. The SMILES string of the molecule is C=CCN(C(=O)CN1C(=O)COc2cc(Cl)ccc21)c1ccccc1. The van der Waals surface area contributed by atoms with Crippen molar-refractivity contribution in [2.75, 3.05) is 29.5 Å². The van der Waals surface area contributed by atoms with Crippen molar-refractivity contribution < 1.29 is 14.3 Å². The van der Waals surface area contributed by atoms with Crippen LogP contribution in [0.4, 0.5) is 11.4 Å². The molecule has 0 saturated carbocycles. The van der Waals surface area contributed by atoms with Gasteiger partial charge in [0.25, 0.3) is 5.91 Å². The van der Waals surface area contributed by atoms with Crippen LogP contribution in [0.2, 0.25) is 5.02 Å². The number of benzene rings is 2. The zero-order chi connectivity index (χ0) is 17.8. The van der Waals surface area contributed by atoms with Crippen LogP contribution in [0.3, 0.4) is 0 Å². The number of carbonyl (C=O) groups excluding carboxylic acids is 2. The summed E-state index contributed by atoms with van der Waals surface area (Å²) in [4.78, 5) is 28.1. The van der Waals surface area contributed by atoms with E-state index in [1.165, 1.54) is 4.90 Å². The molecule has 0 fully saturated rings. The molecule has 0 aromatic heterocycles. The monoisotopic (exact) mass is 356 g/mol. The normalized spacial score (nSPS) is 13.0. The van der Waals surface area contributed by atoms with E-state index in [0.717, 1.165) is 5.69 Å². The van der Waals surface area contributed by atoms with E-state index in [1.807, 2.05) is 30.3 Å². The van der Waals surface area contributed by atoms with E-state index in [0.29, 0.717) is 23.0 Å². The molecule has 6 heteroatoms. The Morgan fingerprint density at radius 2 is 2.04 bits per heavy atom. The molecule has 1 heterocycles. The van der Waals surface area contributed by atoms with Crippen molar-refractivity contribution in [2.24, 2.45) is 0 Å². The lowest BCUT2D eigenvalue weighted by Crippen LogP contribution is -2.46. The molecular formula is C19H17ClN2O3. The number of carbonyl (C=O) groups is 2. The predicted molar refractivity (Wildman–Crippen MR) is 98.3 cm³/mol. The minimum Gasteiger partial charge on any atom is -0.482 e. The van der Waals surface area contributed by atoms with Crippen LogP contribution in [0.15, 0.2) is 61.2 Å². The largest absolute Gasteiger partial charge is 0.482 e. The third-order valence-corrected chi connectivity index (χ3v) is 4.07. The molecule has 0 spiro atoms. The van der Waals surface area contributed by atoms with Gasteiger partial charge < -0.3 is 9.64 Å². The van der Waals surface area contributed by atoms with Gasteiger partial charge in [-0.2, -0.15) is 0 Å². The molecular weight excluding hydrogens is 340 g/mol. The Morgan fingerprint density at radius 3 is 2.76 bits per heavy atom. The molecule has 0 aliphatic carbocycles. The van der Waals surface area contributed by atoms with Crippen LogP contribution in [-0.4, -0.2) is 31.5 Å². The second-order valence-electron chi connectivity index (χ2n) is 5.51. The van der Waals surface area contributed by atoms with Gasteiger partial charge in [0.15, 0.2) is 6.61 Å². The number of amides is 2. The van der Waals surface area contributed by atoms with Crippen LogP contribution >= 0.6 is 11.6 Å². The summed E-state index contributed by atoms with van der Waals surface area (Å²) in [5.41, 5.74) is 1.30. The van der Waals surface area contributed by atoms with E-state index in [9.17, 15) is 9.59 Å². The van der Waals surface area contributed by atoms with Crippen molar-refractivity contribution in [3.63, 3.8) is 0 Å². The molecule has 2 aromatic carbocycles. The Labute approximate surface area is 151 Å². The minimum atomic E-state index is -0.269. The number of hydrogen-bond donors (Lipinski definition) is 0. The van der Waals surface area contributed by atoms with Crippen molar-refractivity contribution in [2.45, 2.75) is 0 Å². The van der Waals surface area contributed by atoms with Crippen LogP contribution < -0.4 is 14.5 Å². The first-order valence-corrected chi connectivity index (χ1v) is 8.17. The van der Waals surface area contributed by atoms with Gasteiger partial charge >= 0.3 is 0 Å². The van der Waals surface area contributed by atoms with E-state index in [2.05, 4.69) is 6.58 Å². The standard InChI is InChI=1S/C19H17ClN2O3/c1-2-10-21(15-6-4-3-5-7-15)18(23)12-22-16-9-8-14(20)11-17(16)25-13-19(22)24/h2-9,11H,1,10,12-13H2. The topological polar surface area (TPSA) is 49.9 Å². The number of halogens is 1. The second kappa shape index (κ2) is 7.40. The maximum atomic E-state index is 12.8. The van der Waals surface area contributed by atoms with E-state index < -0.39 is 0 Å². The lowest BCUT2D eigenvalue weighted by molar-refractivity contribution is -0.124. The van der Waals surface area contributed by atoms with Crippen molar-refractivity contribution >= 4 is 34.8 Å². The Kier molecular flexibility index (Phi) is 5.05. The van der Waals surface area contributed by atoms with E-state index in [4.69, 9.17) is 16.3 Å². The van der Waals surface area contributed by atoms with Gasteiger partial charge in [0.1, 0.15) is 12.3 Å². The highest BCUT2D eigenvalue weighted by molar-refractivity contribution is 6.31. The average Bonchev–Trinajstić information content (AvgIpc) is 2.62. The van der Waals surface area contributed by atoms with Crippen molar-refractivity contribution in [1.29, 1.82) is 0 Å². The Morgan fingerprint density at radius 1 is 1.28 bits per heavy atom. The second-order valence-corrected chi connectivity index (χ2v) is 5.95. The highest BCUT2D eigenvalue weighted by Gasteiger charge is 2.29. The number of fused-ring (bicyclic) bond motifs is 1. The fraction of sp³-hybridized carbons (Fsp3) is 0.158. The summed E-state index contributed by atoms with van der Waals surface area (Å²) in [6, 6.07) is 14.3. The van der Waals surface area contributed by atoms with E-state index in [1.54, 1.807) is 29.2 Å². The molecule has 1 aliphatic heterocycles. The van der Waals surface area contributed by atoms with Crippen LogP contribution in [-0.2, 0) is 9.59 Å². The molecule has 1 aliphatic rings. The zero-order valence-electron chi connectivity index (χ0n) is 13.5. The fourth-order valence-corrected chi connectivity index (χ4v) is 2.82. The smallest absolute Gasteiger partial charge is 0.265 e. The lowest BCUT2D eigenvalue weighted by Gasteiger charge is -2.31. The first kappa shape index (κ1) is 17.0. The molecule has 0 unspecified atom stereocenters. The van der Waals surface area contributed by atoms with Gasteiger partial charge in [-0.05, 0) is 24.3 Å². The van der Waals surface area contributed by atoms with Gasteiger partial charge in [-0.25, -0.2) is 0 Å². The molecule has 128 valence electrons. The predicted octanol–water partition coefficient (Wildman–Crippen LogP) is 3.28. The van der Waals surface area contributed by atoms with Gasteiger partial charge in [0.2, 0.25) is 5.91 Å².